The van der Waals surface area contributed by atoms with Crippen molar-refractivity contribution in [3.8, 4) is 0 Å². The highest BCUT2D eigenvalue weighted by Gasteiger charge is 2.50. The highest BCUT2D eigenvalue weighted by molar-refractivity contribution is 8.04. The van der Waals surface area contributed by atoms with Gasteiger partial charge >= 0.3 is 0 Å². The lowest BCUT2D eigenvalue weighted by Gasteiger charge is -2.15. The molecule has 0 N–H and O–H groups in total. The van der Waals surface area contributed by atoms with Crippen LogP contribution in [0.4, 0.5) is 0 Å². The third-order valence-corrected chi connectivity index (χ3v) is 6.05. The Morgan fingerprint density at radius 2 is 2.00 bits per heavy atom. The predicted octanol–water partition coefficient (Wildman–Crippen LogP) is 1.30. The third kappa shape index (κ3) is 0.662. The second kappa shape index (κ2) is 2.02. The predicted molar refractivity (Wildman–Crippen MR) is 48.9 cm³/mol. The van der Waals surface area contributed by atoms with Gasteiger partial charge in [-0.25, -0.2) is 0 Å². The molecule has 0 aromatic rings. The molecule has 0 spiro atoms. The van der Waals surface area contributed by atoms with Crippen molar-refractivity contribution in [3.05, 3.63) is 23.6 Å². The van der Waals surface area contributed by atoms with Crippen molar-refractivity contribution in [2.45, 2.75) is 15.7 Å². The number of allylic oxidation sites excluding steroid dienone is 1. The first kappa shape index (κ1) is 6.49. The molecule has 0 aliphatic carbocycles. The maximum absolute atomic E-state index is 11.6. The molecule has 1 saturated heterocycles. The summed E-state index contributed by atoms with van der Waals surface area (Å²) in [6, 6.07) is 0. The molecule has 1 fully saturated rings. The van der Waals surface area contributed by atoms with Crippen molar-refractivity contribution in [2.75, 3.05) is 0 Å². The molecule has 0 saturated carbocycles. The summed E-state index contributed by atoms with van der Waals surface area (Å²) in [5.74, 6) is 0.579. The van der Waals surface area contributed by atoms with Crippen LogP contribution in [-0.2, 0) is 10.8 Å². The molecular formula is C8H8OS2. The normalized spacial score (nSPS) is 57.3. The van der Waals surface area contributed by atoms with E-state index in [4.69, 9.17) is 0 Å². The topological polar surface area (TPSA) is 17.1 Å². The zero-order valence-corrected chi connectivity index (χ0v) is 7.48. The molecule has 3 aliphatic heterocycles. The second-order valence-corrected chi connectivity index (χ2v) is 5.98. The Morgan fingerprint density at radius 3 is 2.82 bits per heavy atom. The summed E-state index contributed by atoms with van der Waals surface area (Å²) >= 11 is 1.85. The summed E-state index contributed by atoms with van der Waals surface area (Å²) in [4.78, 5) is 0. The summed E-state index contributed by atoms with van der Waals surface area (Å²) in [6.07, 6.45) is 6.50. The van der Waals surface area contributed by atoms with Gasteiger partial charge in [0.05, 0.1) is 10.5 Å². The van der Waals surface area contributed by atoms with E-state index in [2.05, 4.69) is 23.6 Å². The molecule has 3 aliphatic rings. The summed E-state index contributed by atoms with van der Waals surface area (Å²) in [5.41, 5.74) is 0. The van der Waals surface area contributed by atoms with Crippen LogP contribution in [0.5, 0.6) is 0 Å². The minimum Gasteiger partial charge on any atom is -0.258 e. The van der Waals surface area contributed by atoms with Gasteiger partial charge in [0.15, 0.2) is 0 Å². The molecule has 0 aromatic heterocycles. The highest BCUT2D eigenvalue weighted by atomic mass is 32.2. The van der Waals surface area contributed by atoms with Gasteiger partial charge in [-0.1, -0.05) is 18.2 Å². The first-order valence-electron chi connectivity index (χ1n) is 3.78. The van der Waals surface area contributed by atoms with Crippen LogP contribution in [0.2, 0.25) is 0 Å². The van der Waals surface area contributed by atoms with E-state index in [-0.39, 0.29) is 0 Å². The molecule has 3 heteroatoms. The Hall–Kier alpha value is -0.0200. The molecular weight excluding hydrogens is 176 g/mol. The van der Waals surface area contributed by atoms with Crippen LogP contribution < -0.4 is 0 Å². The van der Waals surface area contributed by atoms with Crippen molar-refractivity contribution in [2.24, 2.45) is 5.92 Å². The fourth-order valence-electron chi connectivity index (χ4n) is 2.10. The van der Waals surface area contributed by atoms with Gasteiger partial charge in [-0.2, -0.15) is 0 Å². The van der Waals surface area contributed by atoms with Crippen LogP contribution in [0.25, 0.3) is 0 Å². The average Bonchev–Trinajstić information content (AvgIpc) is 2.61. The summed E-state index contributed by atoms with van der Waals surface area (Å²) in [6.45, 7) is 0. The molecule has 3 heterocycles. The molecule has 58 valence electrons. The highest BCUT2D eigenvalue weighted by Crippen LogP contribution is 2.48. The minimum absolute atomic E-state index is 0.344. The summed E-state index contributed by atoms with van der Waals surface area (Å²) < 4.78 is 11.6. The lowest BCUT2D eigenvalue weighted by Crippen LogP contribution is -2.21. The lowest BCUT2D eigenvalue weighted by molar-refractivity contribution is 0.665. The molecule has 0 amide bonds. The van der Waals surface area contributed by atoms with Gasteiger partial charge in [0, 0.05) is 22.0 Å². The maximum atomic E-state index is 11.6. The van der Waals surface area contributed by atoms with E-state index in [1.807, 2.05) is 11.8 Å². The average molecular weight is 184 g/mol. The SMILES string of the molecule is O=S1C2C=CC1[C@@H]1SC=C[C@H]21. The standard InChI is InChI=1S/C8H8OS2/c9-11-6-1-2-7(11)8-5(6)3-4-10-8/h1-8H/t5-,6?,7?,8-,11?/m1/s1. The van der Waals surface area contributed by atoms with Crippen LogP contribution in [0, 0.1) is 5.92 Å². The van der Waals surface area contributed by atoms with Gasteiger partial charge in [0.2, 0.25) is 0 Å². The van der Waals surface area contributed by atoms with Crippen molar-refractivity contribution in [1.82, 2.24) is 0 Å². The first-order valence-corrected chi connectivity index (χ1v) is 6.00. The Kier molecular flexibility index (Phi) is 1.19. The number of hydrogen-bond donors (Lipinski definition) is 0. The lowest BCUT2D eigenvalue weighted by atomic mass is 9.94. The first-order chi connectivity index (χ1) is 5.38. The zero-order valence-electron chi connectivity index (χ0n) is 5.84. The third-order valence-electron chi connectivity index (χ3n) is 2.65. The van der Waals surface area contributed by atoms with Crippen LogP contribution in [0.1, 0.15) is 0 Å². The molecule has 3 unspecified atom stereocenters. The number of rotatable bonds is 0. The Morgan fingerprint density at radius 1 is 1.18 bits per heavy atom. The monoisotopic (exact) mass is 184 g/mol. The van der Waals surface area contributed by atoms with E-state index in [1.165, 1.54) is 0 Å². The van der Waals surface area contributed by atoms with Crippen LogP contribution in [0.15, 0.2) is 23.6 Å². The maximum Gasteiger partial charge on any atom is 0.0662 e. The molecule has 2 bridgehead atoms. The van der Waals surface area contributed by atoms with Crippen molar-refractivity contribution >= 4 is 22.6 Å². The Bertz CT molecular complexity index is 282. The van der Waals surface area contributed by atoms with E-state index in [9.17, 15) is 4.21 Å². The van der Waals surface area contributed by atoms with Gasteiger partial charge in [-0.15, -0.1) is 11.8 Å². The largest absolute Gasteiger partial charge is 0.258 e. The van der Waals surface area contributed by atoms with E-state index in [1.54, 1.807) is 0 Å². The van der Waals surface area contributed by atoms with Gasteiger partial charge in [-0.05, 0) is 5.41 Å². The zero-order chi connectivity index (χ0) is 7.42. The van der Waals surface area contributed by atoms with Crippen LogP contribution in [-0.4, -0.2) is 20.0 Å². The molecule has 3 rings (SSSR count). The van der Waals surface area contributed by atoms with E-state index >= 15 is 0 Å². The fourth-order valence-corrected chi connectivity index (χ4v) is 5.73. The summed E-state index contributed by atoms with van der Waals surface area (Å²) in [5, 5.41) is 3.46. The van der Waals surface area contributed by atoms with E-state index in [0.717, 1.165) is 0 Å². The molecule has 0 radical (unpaired) electrons. The quantitative estimate of drug-likeness (QED) is 0.528. The minimum atomic E-state index is -0.593. The Labute approximate surface area is 72.4 Å². The second-order valence-electron chi connectivity index (χ2n) is 3.15. The number of fused-ring (bicyclic) bond motifs is 5. The number of hydrogen-bond acceptors (Lipinski definition) is 2. The fraction of sp³-hybridized carbons (Fsp3) is 0.500. The smallest absolute Gasteiger partial charge is 0.0662 e. The Balaban J connectivity index is 2.10. The van der Waals surface area contributed by atoms with Crippen LogP contribution >= 0.6 is 11.8 Å². The van der Waals surface area contributed by atoms with Crippen molar-refractivity contribution < 1.29 is 4.21 Å². The van der Waals surface area contributed by atoms with Gasteiger partial charge in [0.1, 0.15) is 0 Å². The van der Waals surface area contributed by atoms with Crippen molar-refractivity contribution in [3.63, 3.8) is 0 Å². The van der Waals surface area contributed by atoms with Crippen molar-refractivity contribution in [1.29, 1.82) is 0 Å². The van der Waals surface area contributed by atoms with Crippen LogP contribution in [0.3, 0.4) is 0 Å². The van der Waals surface area contributed by atoms with E-state index in [0.29, 0.717) is 21.7 Å². The molecule has 1 nitrogen and oxygen atoms in total. The van der Waals surface area contributed by atoms with E-state index < -0.39 is 10.8 Å². The molecule has 5 atom stereocenters. The summed E-state index contributed by atoms with van der Waals surface area (Å²) in [7, 11) is -0.593. The van der Waals surface area contributed by atoms with Gasteiger partial charge in [0.25, 0.3) is 0 Å². The molecule has 11 heavy (non-hydrogen) atoms. The van der Waals surface area contributed by atoms with Gasteiger partial charge in [-0.3, -0.25) is 4.21 Å². The molecule has 0 aromatic carbocycles. The van der Waals surface area contributed by atoms with Gasteiger partial charge < -0.3 is 0 Å². The number of thioether (sulfide) groups is 1.